The predicted molar refractivity (Wildman–Crippen MR) is 105 cm³/mol. The van der Waals surface area contributed by atoms with E-state index in [1.807, 2.05) is 12.1 Å². The molecule has 0 unspecified atom stereocenters. The molecule has 3 aromatic rings. The highest BCUT2D eigenvalue weighted by atomic mass is 32.2. The molecule has 2 aromatic heterocycles. The predicted octanol–water partition coefficient (Wildman–Crippen LogP) is 2.97. The van der Waals surface area contributed by atoms with Gasteiger partial charge in [0.15, 0.2) is 0 Å². The number of sulfonamides is 1. The number of alkyl halides is 2. The molecule has 1 aromatic carbocycles. The number of hydrogen-bond acceptors (Lipinski definition) is 5. The van der Waals surface area contributed by atoms with E-state index in [0.29, 0.717) is 29.2 Å². The van der Waals surface area contributed by atoms with Gasteiger partial charge >= 0.3 is 0 Å². The van der Waals surface area contributed by atoms with Crippen LogP contribution in [0.2, 0.25) is 0 Å². The molecule has 0 saturated carbocycles. The molecule has 0 aliphatic heterocycles. The Bertz CT molecular complexity index is 1070. The van der Waals surface area contributed by atoms with Crippen LogP contribution in [0.1, 0.15) is 17.7 Å². The summed E-state index contributed by atoms with van der Waals surface area (Å²) < 4.78 is 57.6. The number of pyridine rings is 1. The van der Waals surface area contributed by atoms with Gasteiger partial charge in [-0.3, -0.25) is 0 Å². The molecule has 1 N–H and O–H groups in total. The van der Waals surface area contributed by atoms with E-state index in [4.69, 9.17) is 4.74 Å². The van der Waals surface area contributed by atoms with Gasteiger partial charge in [0.25, 0.3) is 6.43 Å². The molecule has 0 aliphatic rings. The second-order valence-corrected chi connectivity index (χ2v) is 8.17. The number of hydrogen-bond donors (Lipinski definition) is 1. The molecule has 0 bridgehead atoms. The minimum Gasteiger partial charge on any atom is -0.481 e. The largest absolute Gasteiger partial charge is 0.481 e. The van der Waals surface area contributed by atoms with Crippen LogP contribution in [0.3, 0.4) is 0 Å². The van der Waals surface area contributed by atoms with Crippen molar-refractivity contribution in [2.75, 3.05) is 19.9 Å². The zero-order valence-electron chi connectivity index (χ0n) is 15.8. The van der Waals surface area contributed by atoms with Gasteiger partial charge in [-0.15, -0.1) is 0 Å². The van der Waals surface area contributed by atoms with Crippen molar-refractivity contribution in [2.45, 2.75) is 12.8 Å². The van der Waals surface area contributed by atoms with Gasteiger partial charge in [0.05, 0.1) is 30.9 Å². The fraction of sp³-hybridized carbons (Fsp3) is 0.263. The first-order valence-corrected chi connectivity index (χ1v) is 10.6. The lowest BCUT2D eigenvalue weighted by Gasteiger charge is -2.09. The Morgan fingerprint density at radius 1 is 1.17 bits per heavy atom. The Labute approximate surface area is 167 Å². The van der Waals surface area contributed by atoms with E-state index < -0.39 is 16.4 Å². The molecule has 0 atom stereocenters. The first kappa shape index (κ1) is 20.9. The van der Waals surface area contributed by atoms with E-state index >= 15 is 0 Å². The number of nitrogens with one attached hydrogen (secondary N) is 1. The third-order valence-corrected chi connectivity index (χ3v) is 4.88. The average molecular weight is 422 g/mol. The molecule has 10 heteroatoms. The number of aromatic nitrogens is 3. The number of ether oxygens (including phenoxy) is 1. The number of nitrogens with zero attached hydrogens (tertiary/aromatic N) is 3. The Morgan fingerprint density at radius 3 is 2.45 bits per heavy atom. The Kier molecular flexibility index (Phi) is 6.23. The van der Waals surface area contributed by atoms with Crippen molar-refractivity contribution in [2.24, 2.45) is 0 Å². The molecule has 2 heterocycles. The summed E-state index contributed by atoms with van der Waals surface area (Å²) in [5, 5.41) is 4.02. The maximum atomic E-state index is 13.2. The molecule has 29 heavy (non-hydrogen) atoms. The lowest BCUT2D eigenvalue weighted by molar-refractivity contribution is 0.145. The SMILES string of the molecule is COc1ccc(-n2nc(C(F)F)cc2-c2ccc(CCNS(C)(=O)=O)cc2)cn1. The molecular formula is C19H20F2N4O3S. The van der Waals surface area contributed by atoms with Crippen LogP contribution in [-0.4, -0.2) is 43.1 Å². The van der Waals surface area contributed by atoms with Crippen LogP contribution in [-0.2, 0) is 16.4 Å². The van der Waals surface area contributed by atoms with Gasteiger partial charge in [-0.25, -0.2) is 31.6 Å². The molecule has 0 amide bonds. The van der Waals surface area contributed by atoms with Crippen molar-refractivity contribution >= 4 is 10.0 Å². The summed E-state index contributed by atoms with van der Waals surface area (Å²) >= 11 is 0. The fourth-order valence-electron chi connectivity index (χ4n) is 2.75. The third-order valence-electron chi connectivity index (χ3n) is 4.15. The summed E-state index contributed by atoms with van der Waals surface area (Å²) in [5.41, 5.74) is 2.29. The summed E-state index contributed by atoms with van der Waals surface area (Å²) in [5.74, 6) is 0.406. The summed E-state index contributed by atoms with van der Waals surface area (Å²) in [6.07, 6.45) is 0.404. The van der Waals surface area contributed by atoms with Crippen LogP contribution in [0.25, 0.3) is 16.9 Å². The van der Waals surface area contributed by atoms with Gasteiger partial charge in [-0.2, -0.15) is 5.10 Å². The summed E-state index contributed by atoms with van der Waals surface area (Å²) in [7, 11) is -1.75. The fourth-order valence-corrected chi connectivity index (χ4v) is 3.22. The van der Waals surface area contributed by atoms with Crippen LogP contribution in [0.15, 0.2) is 48.7 Å². The summed E-state index contributed by atoms with van der Waals surface area (Å²) in [6, 6.07) is 11.9. The van der Waals surface area contributed by atoms with Gasteiger partial charge in [0.2, 0.25) is 15.9 Å². The van der Waals surface area contributed by atoms with E-state index in [0.717, 1.165) is 11.8 Å². The highest BCUT2D eigenvalue weighted by Crippen LogP contribution is 2.28. The van der Waals surface area contributed by atoms with Crippen LogP contribution >= 0.6 is 0 Å². The van der Waals surface area contributed by atoms with Gasteiger partial charge in [0, 0.05) is 18.2 Å². The molecule has 0 radical (unpaired) electrons. The lowest BCUT2D eigenvalue weighted by atomic mass is 10.1. The number of rotatable bonds is 8. The average Bonchev–Trinajstić information content (AvgIpc) is 3.13. The van der Waals surface area contributed by atoms with Crippen LogP contribution in [0, 0.1) is 0 Å². The molecule has 3 rings (SSSR count). The molecular weight excluding hydrogens is 402 g/mol. The molecule has 0 fully saturated rings. The van der Waals surface area contributed by atoms with Crippen LogP contribution < -0.4 is 9.46 Å². The summed E-state index contributed by atoms with van der Waals surface area (Å²) in [6.45, 7) is 0.281. The number of methoxy groups -OCH3 is 1. The van der Waals surface area contributed by atoms with Gasteiger partial charge < -0.3 is 4.74 Å². The first-order valence-electron chi connectivity index (χ1n) is 8.69. The van der Waals surface area contributed by atoms with Crippen LogP contribution in [0.4, 0.5) is 8.78 Å². The molecule has 0 spiro atoms. The lowest BCUT2D eigenvalue weighted by Crippen LogP contribution is -2.24. The number of halogens is 2. The van der Waals surface area contributed by atoms with Crippen molar-refractivity contribution < 1.29 is 21.9 Å². The van der Waals surface area contributed by atoms with Crippen molar-refractivity contribution in [3.63, 3.8) is 0 Å². The highest BCUT2D eigenvalue weighted by Gasteiger charge is 2.18. The van der Waals surface area contributed by atoms with E-state index in [9.17, 15) is 17.2 Å². The van der Waals surface area contributed by atoms with Crippen LogP contribution in [0.5, 0.6) is 5.88 Å². The minimum atomic E-state index is -3.24. The highest BCUT2D eigenvalue weighted by molar-refractivity contribution is 7.88. The zero-order valence-corrected chi connectivity index (χ0v) is 16.7. The van der Waals surface area contributed by atoms with Crippen molar-refractivity contribution in [1.29, 1.82) is 0 Å². The van der Waals surface area contributed by atoms with E-state index in [1.54, 1.807) is 24.3 Å². The molecule has 7 nitrogen and oxygen atoms in total. The quantitative estimate of drug-likeness (QED) is 0.603. The van der Waals surface area contributed by atoms with E-state index in [-0.39, 0.29) is 12.2 Å². The Morgan fingerprint density at radius 2 is 1.90 bits per heavy atom. The normalized spacial score (nSPS) is 11.8. The monoisotopic (exact) mass is 422 g/mol. The molecule has 0 aliphatic carbocycles. The van der Waals surface area contributed by atoms with E-state index in [2.05, 4.69) is 14.8 Å². The van der Waals surface area contributed by atoms with Gasteiger partial charge in [-0.05, 0) is 24.1 Å². The maximum absolute atomic E-state index is 13.2. The van der Waals surface area contributed by atoms with Crippen molar-refractivity contribution in [3.8, 4) is 22.8 Å². The van der Waals surface area contributed by atoms with Crippen molar-refractivity contribution in [3.05, 3.63) is 59.9 Å². The smallest absolute Gasteiger partial charge is 0.282 e. The topological polar surface area (TPSA) is 86.1 Å². The number of benzene rings is 1. The van der Waals surface area contributed by atoms with Crippen molar-refractivity contribution in [1.82, 2.24) is 19.5 Å². The summed E-state index contributed by atoms with van der Waals surface area (Å²) in [4.78, 5) is 4.10. The maximum Gasteiger partial charge on any atom is 0.282 e. The van der Waals surface area contributed by atoms with Gasteiger partial charge in [-0.1, -0.05) is 24.3 Å². The molecule has 154 valence electrons. The third kappa shape index (κ3) is 5.36. The zero-order chi connectivity index (χ0) is 21.0. The standard InChI is InChI=1S/C19H20F2N4O3S/c1-28-18-8-7-15(12-22-18)25-17(11-16(24-25)19(20)21)14-5-3-13(4-6-14)9-10-23-29(2,26)27/h3-8,11-12,19,23H,9-10H2,1-2H3. The minimum absolute atomic E-state index is 0.281. The van der Waals surface area contributed by atoms with E-state index in [1.165, 1.54) is 24.1 Å². The Hall–Kier alpha value is -2.85. The Balaban J connectivity index is 1.88. The second-order valence-electron chi connectivity index (χ2n) is 6.34. The van der Waals surface area contributed by atoms with Gasteiger partial charge in [0.1, 0.15) is 5.69 Å². The molecule has 0 saturated heterocycles. The second kappa shape index (κ2) is 8.66. The first-order chi connectivity index (χ1) is 13.8.